The van der Waals surface area contributed by atoms with Crippen LogP contribution in [0.25, 0.3) is 0 Å². The molecule has 0 saturated carbocycles. The van der Waals surface area contributed by atoms with Gasteiger partial charge in [0.15, 0.2) is 0 Å². The summed E-state index contributed by atoms with van der Waals surface area (Å²) in [6, 6.07) is 0. The molecule has 0 aromatic carbocycles. The van der Waals surface area contributed by atoms with Gasteiger partial charge < -0.3 is 4.74 Å². The Morgan fingerprint density at radius 1 is 1.40 bits per heavy atom. The Balaban J connectivity index is 2.39. The van der Waals surface area contributed by atoms with Crippen molar-refractivity contribution >= 4 is 22.6 Å². The Labute approximate surface area is 76.7 Å². The summed E-state index contributed by atoms with van der Waals surface area (Å²) in [5.41, 5.74) is 0. The molecule has 1 aliphatic heterocycles. The van der Waals surface area contributed by atoms with E-state index in [1.807, 2.05) is 0 Å². The maximum absolute atomic E-state index is 5.63. The molecule has 1 atom stereocenters. The molecule has 1 rings (SSSR count). The van der Waals surface area contributed by atoms with Gasteiger partial charge >= 0.3 is 0 Å². The first-order valence-corrected chi connectivity index (χ1v) is 4.99. The summed E-state index contributed by atoms with van der Waals surface area (Å²) in [5, 5.41) is 0. The molecule has 0 N–H and O–H groups in total. The maximum atomic E-state index is 5.63. The van der Waals surface area contributed by atoms with Crippen molar-refractivity contribution in [2.45, 2.75) is 42.6 Å². The highest BCUT2D eigenvalue weighted by Crippen LogP contribution is 2.30. The highest BCUT2D eigenvalue weighted by molar-refractivity contribution is 14.1. The van der Waals surface area contributed by atoms with Gasteiger partial charge in [0, 0.05) is 10.0 Å². The van der Waals surface area contributed by atoms with E-state index in [-0.39, 0.29) is 0 Å². The fourth-order valence-electron chi connectivity index (χ4n) is 1.28. The fraction of sp³-hybridized carbons (Fsp3) is 1.00. The van der Waals surface area contributed by atoms with E-state index in [9.17, 15) is 0 Å². The van der Waals surface area contributed by atoms with Gasteiger partial charge in [0.25, 0.3) is 0 Å². The Kier molecular flexibility index (Phi) is 2.98. The summed E-state index contributed by atoms with van der Waals surface area (Å²) in [5.74, 6) is 0. The standard InChI is InChI=1S/C8H15IO/c1-8(2,9)7-5-3-4-6-10-7/h7H,3-6H2,1-2H3. The predicted octanol–water partition coefficient (Wildman–Crippen LogP) is 2.77. The molecule has 1 unspecified atom stereocenters. The monoisotopic (exact) mass is 254 g/mol. The molecule has 0 amide bonds. The van der Waals surface area contributed by atoms with Crippen molar-refractivity contribution in [3.63, 3.8) is 0 Å². The van der Waals surface area contributed by atoms with Crippen LogP contribution >= 0.6 is 22.6 Å². The maximum Gasteiger partial charge on any atom is 0.0715 e. The zero-order valence-electron chi connectivity index (χ0n) is 6.69. The second-order valence-electron chi connectivity index (χ2n) is 3.42. The van der Waals surface area contributed by atoms with E-state index < -0.39 is 0 Å². The Bertz CT molecular complexity index is 100. The smallest absolute Gasteiger partial charge is 0.0715 e. The van der Waals surface area contributed by atoms with Gasteiger partial charge in [-0.05, 0) is 33.1 Å². The van der Waals surface area contributed by atoms with Crippen LogP contribution in [-0.4, -0.2) is 16.1 Å². The molecule has 0 bridgehead atoms. The number of halogens is 1. The molecule has 0 aliphatic carbocycles. The second kappa shape index (κ2) is 3.39. The van der Waals surface area contributed by atoms with E-state index in [0.717, 1.165) is 6.61 Å². The highest BCUT2D eigenvalue weighted by atomic mass is 127. The summed E-state index contributed by atoms with van der Waals surface area (Å²) in [6.45, 7) is 5.45. The van der Waals surface area contributed by atoms with Gasteiger partial charge in [0.2, 0.25) is 0 Å². The van der Waals surface area contributed by atoms with Gasteiger partial charge in [-0.15, -0.1) is 0 Å². The minimum atomic E-state index is 0.318. The van der Waals surface area contributed by atoms with E-state index in [1.165, 1.54) is 19.3 Å². The first-order chi connectivity index (χ1) is 4.61. The number of rotatable bonds is 1. The quantitative estimate of drug-likeness (QED) is 0.516. The van der Waals surface area contributed by atoms with Crippen molar-refractivity contribution in [3.05, 3.63) is 0 Å². The molecule has 0 aromatic heterocycles. The lowest BCUT2D eigenvalue weighted by Crippen LogP contribution is -2.35. The van der Waals surface area contributed by atoms with Crippen molar-refractivity contribution in [1.29, 1.82) is 0 Å². The summed E-state index contributed by atoms with van der Waals surface area (Å²) in [4.78, 5) is 0. The van der Waals surface area contributed by atoms with Crippen LogP contribution in [0, 0.1) is 0 Å². The van der Waals surface area contributed by atoms with Gasteiger partial charge in [-0.25, -0.2) is 0 Å². The first kappa shape index (κ1) is 8.78. The molecular formula is C8H15IO. The van der Waals surface area contributed by atoms with Crippen LogP contribution in [0.2, 0.25) is 0 Å². The lowest BCUT2D eigenvalue weighted by molar-refractivity contribution is 0.00250. The summed E-state index contributed by atoms with van der Waals surface area (Å²) in [6.07, 6.45) is 4.33. The lowest BCUT2D eigenvalue weighted by atomic mass is 9.99. The van der Waals surface area contributed by atoms with Crippen LogP contribution in [0.15, 0.2) is 0 Å². The van der Waals surface area contributed by atoms with Crippen molar-refractivity contribution in [2.75, 3.05) is 6.61 Å². The van der Waals surface area contributed by atoms with Gasteiger partial charge in [0.05, 0.1) is 6.10 Å². The summed E-state index contributed by atoms with van der Waals surface area (Å²) in [7, 11) is 0. The third kappa shape index (κ3) is 2.38. The molecule has 0 spiro atoms. The largest absolute Gasteiger partial charge is 0.377 e. The van der Waals surface area contributed by atoms with Crippen molar-refractivity contribution in [3.8, 4) is 0 Å². The van der Waals surface area contributed by atoms with E-state index in [2.05, 4.69) is 36.4 Å². The first-order valence-electron chi connectivity index (χ1n) is 3.91. The summed E-state index contributed by atoms with van der Waals surface area (Å²) < 4.78 is 5.95. The lowest BCUT2D eigenvalue weighted by Gasteiger charge is -2.32. The molecule has 1 heterocycles. The van der Waals surface area contributed by atoms with E-state index in [0.29, 0.717) is 9.53 Å². The minimum absolute atomic E-state index is 0.318. The molecule has 1 nitrogen and oxygen atoms in total. The Morgan fingerprint density at radius 2 is 2.10 bits per heavy atom. The molecule has 1 saturated heterocycles. The van der Waals surface area contributed by atoms with Crippen LogP contribution in [0.5, 0.6) is 0 Å². The van der Waals surface area contributed by atoms with Crippen LogP contribution in [0.4, 0.5) is 0 Å². The highest BCUT2D eigenvalue weighted by Gasteiger charge is 2.28. The van der Waals surface area contributed by atoms with Crippen LogP contribution in [0.1, 0.15) is 33.1 Å². The van der Waals surface area contributed by atoms with Crippen molar-refractivity contribution < 1.29 is 4.74 Å². The zero-order valence-corrected chi connectivity index (χ0v) is 8.85. The van der Waals surface area contributed by atoms with Crippen LogP contribution < -0.4 is 0 Å². The molecule has 1 fully saturated rings. The van der Waals surface area contributed by atoms with E-state index >= 15 is 0 Å². The Hall–Kier alpha value is 0.690. The molecular weight excluding hydrogens is 239 g/mol. The van der Waals surface area contributed by atoms with Crippen LogP contribution in [-0.2, 0) is 4.74 Å². The van der Waals surface area contributed by atoms with Gasteiger partial charge in [-0.3, -0.25) is 0 Å². The van der Waals surface area contributed by atoms with Gasteiger partial charge in [-0.2, -0.15) is 0 Å². The van der Waals surface area contributed by atoms with Gasteiger partial charge in [-0.1, -0.05) is 22.6 Å². The number of hydrogen-bond acceptors (Lipinski definition) is 1. The molecule has 0 radical (unpaired) electrons. The summed E-state index contributed by atoms with van der Waals surface area (Å²) >= 11 is 2.47. The molecule has 1 aliphatic rings. The molecule has 0 aromatic rings. The normalized spacial score (nSPS) is 28.5. The average molecular weight is 254 g/mol. The number of hydrogen-bond donors (Lipinski definition) is 0. The second-order valence-corrected chi connectivity index (χ2v) is 6.20. The molecule has 2 heteroatoms. The van der Waals surface area contributed by atoms with Crippen LogP contribution in [0.3, 0.4) is 0 Å². The fourth-order valence-corrected chi connectivity index (χ4v) is 1.77. The zero-order chi connectivity index (χ0) is 7.61. The van der Waals surface area contributed by atoms with Crippen molar-refractivity contribution in [2.24, 2.45) is 0 Å². The molecule has 10 heavy (non-hydrogen) atoms. The topological polar surface area (TPSA) is 9.23 Å². The number of ether oxygens (including phenoxy) is 1. The number of alkyl halides is 1. The van der Waals surface area contributed by atoms with E-state index in [4.69, 9.17) is 4.74 Å². The third-order valence-corrected chi connectivity index (χ3v) is 2.64. The Morgan fingerprint density at radius 3 is 2.40 bits per heavy atom. The molecule has 60 valence electrons. The van der Waals surface area contributed by atoms with Gasteiger partial charge in [0.1, 0.15) is 0 Å². The minimum Gasteiger partial charge on any atom is -0.377 e. The van der Waals surface area contributed by atoms with Crippen molar-refractivity contribution in [1.82, 2.24) is 0 Å². The van der Waals surface area contributed by atoms with E-state index in [1.54, 1.807) is 0 Å². The predicted molar refractivity (Wildman–Crippen MR) is 51.7 cm³/mol. The average Bonchev–Trinajstić information content (AvgIpc) is 1.88. The SMILES string of the molecule is CC(C)(I)C1CCCCO1. The third-order valence-electron chi connectivity index (χ3n) is 1.95.